The molecule has 0 aliphatic rings. The summed E-state index contributed by atoms with van der Waals surface area (Å²) >= 11 is 11.9. The van der Waals surface area contributed by atoms with Crippen LogP contribution in [0.5, 0.6) is 11.5 Å². The summed E-state index contributed by atoms with van der Waals surface area (Å²) in [6, 6.07) is 10.6. The van der Waals surface area contributed by atoms with E-state index in [0.717, 1.165) is 11.1 Å². The highest BCUT2D eigenvalue weighted by Gasteiger charge is 2.07. The molecular formula is C28H28Cl2N6O6. The Bertz CT molecular complexity index is 1520. The van der Waals surface area contributed by atoms with Crippen molar-refractivity contribution < 1.29 is 28.5 Å². The number of carbonyl (C=O) groups excluding carboxylic acids is 2. The lowest BCUT2D eigenvalue weighted by atomic mass is 10.2. The highest BCUT2D eigenvalue weighted by atomic mass is 35.5. The number of H-pyrrole nitrogens is 1. The van der Waals surface area contributed by atoms with Crippen LogP contribution in [0.15, 0.2) is 55.1 Å². The zero-order chi connectivity index (χ0) is 30.9. The number of halogens is 2. The van der Waals surface area contributed by atoms with Crippen molar-refractivity contribution in [2.24, 2.45) is 0 Å². The lowest BCUT2D eigenvalue weighted by Crippen LogP contribution is -2.00. The van der Waals surface area contributed by atoms with E-state index >= 15 is 0 Å². The van der Waals surface area contributed by atoms with E-state index in [0.29, 0.717) is 46.4 Å². The smallest absolute Gasteiger partial charge is 0.384 e. The third-order valence-electron chi connectivity index (χ3n) is 4.71. The van der Waals surface area contributed by atoms with Crippen molar-refractivity contribution in [1.82, 2.24) is 29.9 Å². The van der Waals surface area contributed by atoms with Crippen LogP contribution in [0.25, 0.3) is 29.0 Å². The minimum Gasteiger partial charge on any atom is -0.497 e. The van der Waals surface area contributed by atoms with Crippen LogP contribution in [0.1, 0.15) is 13.8 Å². The summed E-state index contributed by atoms with van der Waals surface area (Å²) in [5.41, 5.74) is 1.58. The van der Waals surface area contributed by atoms with Crippen LogP contribution in [0, 0.1) is 12.3 Å². The van der Waals surface area contributed by atoms with Crippen LogP contribution in [0.3, 0.4) is 0 Å². The summed E-state index contributed by atoms with van der Waals surface area (Å²) in [6.45, 7) is 4.12. The van der Waals surface area contributed by atoms with Crippen molar-refractivity contribution in [2.45, 2.75) is 13.8 Å². The minimum absolute atomic E-state index is 0.327. The molecule has 0 unspecified atom stereocenters. The number of benzene rings is 2. The Morgan fingerprint density at radius 1 is 0.952 bits per heavy atom. The van der Waals surface area contributed by atoms with E-state index < -0.39 is 11.9 Å². The summed E-state index contributed by atoms with van der Waals surface area (Å²) in [7, 11) is 3.15. The average Bonchev–Trinajstić information content (AvgIpc) is 3.69. The van der Waals surface area contributed by atoms with Gasteiger partial charge < -0.3 is 18.9 Å². The molecule has 42 heavy (non-hydrogen) atoms. The Balaban J connectivity index is 0.000000252. The van der Waals surface area contributed by atoms with E-state index in [1.807, 2.05) is 6.07 Å². The van der Waals surface area contributed by atoms with Crippen molar-refractivity contribution in [1.29, 1.82) is 0 Å². The van der Waals surface area contributed by atoms with Gasteiger partial charge in [0.1, 0.15) is 24.2 Å². The van der Waals surface area contributed by atoms with Crippen molar-refractivity contribution in [3.8, 4) is 46.6 Å². The molecule has 1 N–H and O–H groups in total. The molecule has 4 rings (SSSR count). The van der Waals surface area contributed by atoms with Crippen LogP contribution < -0.4 is 9.47 Å². The van der Waals surface area contributed by atoms with Crippen LogP contribution in [-0.2, 0) is 19.1 Å². The van der Waals surface area contributed by atoms with Gasteiger partial charge in [0.25, 0.3) is 0 Å². The molecule has 0 spiro atoms. The number of terminal acetylenes is 1. The van der Waals surface area contributed by atoms with E-state index in [9.17, 15) is 9.59 Å². The maximum atomic E-state index is 11.2. The first-order chi connectivity index (χ1) is 20.2. The minimum atomic E-state index is -0.595. The molecule has 2 heterocycles. The number of aromatic amines is 1. The number of rotatable bonds is 8. The molecule has 0 atom stereocenters. The average molecular weight is 615 g/mol. The van der Waals surface area contributed by atoms with E-state index in [-0.39, 0.29) is 0 Å². The molecule has 0 saturated heterocycles. The molecule has 0 radical (unpaired) electrons. The van der Waals surface area contributed by atoms with Crippen molar-refractivity contribution >= 4 is 41.3 Å². The Hall–Kier alpha value is -4.86. The zero-order valence-electron chi connectivity index (χ0n) is 23.2. The van der Waals surface area contributed by atoms with Gasteiger partial charge in [0, 0.05) is 39.4 Å². The molecule has 0 saturated carbocycles. The molecule has 4 aromatic rings. The van der Waals surface area contributed by atoms with Crippen LogP contribution in [0.4, 0.5) is 0 Å². The number of nitrogens with zero attached hydrogens (tertiary/aromatic N) is 5. The summed E-state index contributed by atoms with van der Waals surface area (Å²) in [4.78, 5) is 29.4. The summed E-state index contributed by atoms with van der Waals surface area (Å²) in [5.74, 6) is 3.25. The molecule has 220 valence electrons. The maximum Gasteiger partial charge on any atom is 0.384 e. The third-order valence-corrected chi connectivity index (χ3v) is 5.15. The Morgan fingerprint density at radius 3 is 2.10 bits per heavy atom. The molecule has 0 bridgehead atoms. The molecule has 12 nitrogen and oxygen atoms in total. The molecule has 2 aromatic heterocycles. The highest BCUT2D eigenvalue weighted by Crippen LogP contribution is 2.27. The van der Waals surface area contributed by atoms with Crippen molar-refractivity contribution in [3.05, 3.63) is 65.2 Å². The summed E-state index contributed by atoms with van der Waals surface area (Å²) in [5, 5.41) is 11.9. The lowest BCUT2D eigenvalue weighted by Gasteiger charge is -2.02. The summed E-state index contributed by atoms with van der Waals surface area (Å²) < 4.78 is 20.7. The number of aromatic nitrogens is 6. The van der Waals surface area contributed by atoms with E-state index in [2.05, 4.69) is 36.4 Å². The summed E-state index contributed by atoms with van der Waals surface area (Å²) in [6.07, 6.45) is 10.3. The molecule has 0 fully saturated rings. The largest absolute Gasteiger partial charge is 0.497 e. The van der Waals surface area contributed by atoms with E-state index in [1.165, 1.54) is 29.6 Å². The second kappa shape index (κ2) is 17.8. The van der Waals surface area contributed by atoms with Crippen LogP contribution >= 0.6 is 23.2 Å². The van der Waals surface area contributed by atoms with Gasteiger partial charge in [-0.25, -0.2) is 24.2 Å². The Labute approximate surface area is 252 Å². The third kappa shape index (κ3) is 11.3. The molecule has 0 aliphatic carbocycles. The Kier molecular flexibility index (Phi) is 14.1. The van der Waals surface area contributed by atoms with Gasteiger partial charge in [-0.15, -0.1) is 11.5 Å². The first-order valence-corrected chi connectivity index (χ1v) is 12.9. The van der Waals surface area contributed by atoms with E-state index in [4.69, 9.17) is 37.4 Å². The normalized spacial score (nSPS) is 9.93. The number of carbonyl (C=O) groups is 2. The number of esters is 2. The van der Waals surface area contributed by atoms with Gasteiger partial charge in [-0.05, 0) is 50.2 Å². The van der Waals surface area contributed by atoms with Gasteiger partial charge in [-0.2, -0.15) is 5.10 Å². The predicted octanol–water partition coefficient (Wildman–Crippen LogP) is 4.96. The quantitative estimate of drug-likeness (QED) is 0.125. The standard InChI is InChI=1S/C14H14ClN3O3.C9H8ClN3O.C5H6O2/c1-3-21-13(19)4-5-18-9-16-14(17-18)10-6-11(15)8-12(7-10)20-2;1-14-8-3-6(2-7(10)4-8)9-11-5-12-13-9;1-3-5(6)7-4-2/h4-9H,3H2,1-2H3;2-5H,1H3,(H,11,12,13);1H,4H2,2H3/b5-4-;;. The molecule has 0 amide bonds. The lowest BCUT2D eigenvalue weighted by molar-refractivity contribution is -0.137. The number of hydrogen-bond donors (Lipinski definition) is 1. The van der Waals surface area contributed by atoms with E-state index in [1.54, 1.807) is 64.3 Å². The fourth-order valence-corrected chi connectivity index (χ4v) is 3.40. The zero-order valence-corrected chi connectivity index (χ0v) is 24.7. The van der Waals surface area contributed by atoms with Gasteiger partial charge in [-0.3, -0.25) is 5.10 Å². The maximum absolute atomic E-state index is 11.2. The van der Waals surface area contributed by atoms with Gasteiger partial charge >= 0.3 is 11.9 Å². The second-order valence-corrected chi connectivity index (χ2v) is 8.45. The first-order valence-electron chi connectivity index (χ1n) is 12.2. The number of methoxy groups -OCH3 is 2. The number of hydrogen-bond acceptors (Lipinski definition) is 10. The molecule has 2 aromatic carbocycles. The van der Waals surface area contributed by atoms with Crippen molar-refractivity contribution in [2.75, 3.05) is 27.4 Å². The van der Waals surface area contributed by atoms with Crippen molar-refractivity contribution in [3.63, 3.8) is 0 Å². The number of ether oxygens (including phenoxy) is 4. The Morgan fingerprint density at radius 2 is 1.57 bits per heavy atom. The monoisotopic (exact) mass is 614 g/mol. The second-order valence-electron chi connectivity index (χ2n) is 7.57. The fourth-order valence-electron chi connectivity index (χ4n) is 2.95. The SMILES string of the molecule is C#CC(=O)OCC.CCOC(=O)/C=C\n1cnc(-c2cc(Cl)cc(OC)c2)n1.COc1cc(Cl)cc(-c2ncn[nH]2)c1. The number of nitrogens with one attached hydrogen (secondary N) is 1. The van der Waals surface area contributed by atoms with Gasteiger partial charge in [-0.1, -0.05) is 23.2 Å². The predicted molar refractivity (Wildman–Crippen MR) is 158 cm³/mol. The van der Waals surface area contributed by atoms with Gasteiger partial charge in [0.2, 0.25) is 0 Å². The fraction of sp³-hybridized carbons (Fsp3) is 0.214. The molecule has 14 heteroatoms. The first kappa shape index (κ1) is 33.3. The van der Waals surface area contributed by atoms with Gasteiger partial charge in [0.05, 0.1) is 27.4 Å². The molecular weight excluding hydrogens is 587 g/mol. The highest BCUT2D eigenvalue weighted by molar-refractivity contribution is 6.31. The topological polar surface area (TPSA) is 143 Å². The van der Waals surface area contributed by atoms with Crippen LogP contribution in [-0.4, -0.2) is 69.3 Å². The van der Waals surface area contributed by atoms with Crippen LogP contribution in [0.2, 0.25) is 10.0 Å². The molecule has 0 aliphatic heterocycles. The van der Waals surface area contributed by atoms with Gasteiger partial charge in [0.15, 0.2) is 11.6 Å².